The summed E-state index contributed by atoms with van der Waals surface area (Å²) in [5, 5.41) is 0.821. The highest BCUT2D eigenvalue weighted by Crippen LogP contribution is 2.24. The van der Waals surface area contributed by atoms with Crippen LogP contribution in [0.4, 0.5) is 17.6 Å². The van der Waals surface area contributed by atoms with Crippen molar-refractivity contribution in [2.45, 2.75) is 24.8 Å². The molecule has 0 bridgehead atoms. The van der Waals surface area contributed by atoms with Gasteiger partial charge in [-0.3, -0.25) is 0 Å². The van der Waals surface area contributed by atoms with E-state index in [4.69, 9.17) is 22.2 Å². The Morgan fingerprint density at radius 1 is 1.15 bits per heavy atom. The number of benzene rings is 1. The first-order valence-electron chi connectivity index (χ1n) is 5.93. The molecule has 0 amide bonds. The molecule has 0 aromatic heterocycles. The maximum absolute atomic E-state index is 12.6. The normalized spacial score (nSPS) is 12.9. The summed E-state index contributed by atoms with van der Waals surface area (Å²) in [5.74, 6) is -4.12. The topological polar surface area (TPSA) is 9.23 Å². The standard InChI is InChI=1S/C12H14Cl2F4OSi/c13-20(14,10-5-2-1-3-6-10)8-4-7-19-9-12(17,18)11(15)16/h1-3,5-6,11H,4,7-9H2. The third-order valence-corrected chi connectivity index (χ3v) is 7.19. The molecule has 0 radical (unpaired) electrons. The van der Waals surface area contributed by atoms with Gasteiger partial charge < -0.3 is 4.74 Å². The summed E-state index contributed by atoms with van der Waals surface area (Å²) in [6, 6.07) is 9.46. The minimum Gasteiger partial charge on any atom is -0.375 e. The maximum Gasteiger partial charge on any atom is 0.330 e. The summed E-state index contributed by atoms with van der Waals surface area (Å²) in [5.41, 5.74) is 0. The van der Waals surface area contributed by atoms with Gasteiger partial charge in [0.05, 0.1) is 0 Å². The number of rotatable bonds is 8. The van der Waals surface area contributed by atoms with Crippen LogP contribution in [0.3, 0.4) is 0 Å². The molecule has 1 aromatic carbocycles. The molecule has 0 saturated carbocycles. The molecule has 0 aliphatic rings. The second-order valence-electron chi connectivity index (χ2n) is 4.29. The molecule has 0 unspecified atom stereocenters. The van der Waals surface area contributed by atoms with Gasteiger partial charge in [0, 0.05) is 6.61 Å². The molecule has 0 aliphatic carbocycles. The molecule has 20 heavy (non-hydrogen) atoms. The molecule has 8 heteroatoms. The largest absolute Gasteiger partial charge is 0.375 e. The van der Waals surface area contributed by atoms with Gasteiger partial charge in [-0.15, -0.1) is 22.2 Å². The predicted octanol–water partition coefficient (Wildman–Crippen LogP) is 4.12. The smallest absolute Gasteiger partial charge is 0.330 e. The Morgan fingerprint density at radius 3 is 2.30 bits per heavy atom. The van der Waals surface area contributed by atoms with Crippen LogP contribution in [0.5, 0.6) is 0 Å². The fourth-order valence-electron chi connectivity index (χ4n) is 1.49. The minimum atomic E-state index is -4.12. The van der Waals surface area contributed by atoms with E-state index in [-0.39, 0.29) is 6.61 Å². The number of alkyl halides is 4. The highest BCUT2D eigenvalue weighted by Gasteiger charge is 2.41. The molecular weight excluding hydrogens is 335 g/mol. The lowest BCUT2D eigenvalue weighted by molar-refractivity contribution is -0.165. The highest BCUT2D eigenvalue weighted by atomic mass is 35.7. The van der Waals surface area contributed by atoms with Gasteiger partial charge >= 0.3 is 12.3 Å². The maximum atomic E-state index is 12.6. The van der Waals surface area contributed by atoms with Crippen LogP contribution in [-0.2, 0) is 4.74 Å². The van der Waals surface area contributed by atoms with E-state index in [0.717, 1.165) is 5.19 Å². The fraction of sp³-hybridized carbons (Fsp3) is 0.500. The number of halogens is 6. The van der Waals surface area contributed by atoms with E-state index in [2.05, 4.69) is 4.74 Å². The summed E-state index contributed by atoms with van der Waals surface area (Å²) in [7, 11) is 0. The average molecular weight is 349 g/mol. The average Bonchev–Trinajstić information content (AvgIpc) is 2.39. The van der Waals surface area contributed by atoms with E-state index in [9.17, 15) is 17.6 Å². The third kappa shape index (κ3) is 5.59. The monoisotopic (exact) mass is 348 g/mol. The molecule has 1 nitrogen and oxygen atoms in total. The molecule has 1 rings (SSSR count). The molecule has 0 spiro atoms. The van der Waals surface area contributed by atoms with Gasteiger partial charge in [0.1, 0.15) is 6.61 Å². The zero-order valence-corrected chi connectivity index (χ0v) is 13.0. The van der Waals surface area contributed by atoms with Crippen LogP contribution in [0.2, 0.25) is 6.04 Å². The Bertz CT molecular complexity index is 404. The Morgan fingerprint density at radius 2 is 1.75 bits per heavy atom. The summed E-state index contributed by atoms with van der Waals surface area (Å²) in [6.45, 7) is -4.04. The van der Waals surface area contributed by atoms with Crippen LogP contribution in [-0.4, -0.2) is 32.3 Å². The van der Waals surface area contributed by atoms with Crippen molar-refractivity contribution < 1.29 is 22.3 Å². The van der Waals surface area contributed by atoms with Crippen molar-refractivity contribution in [2.24, 2.45) is 0 Å². The van der Waals surface area contributed by atoms with E-state index in [1.807, 2.05) is 18.2 Å². The van der Waals surface area contributed by atoms with Crippen LogP contribution in [0.1, 0.15) is 6.42 Å². The summed E-state index contributed by atoms with van der Waals surface area (Å²) < 4.78 is 53.4. The molecule has 0 fully saturated rings. The lowest BCUT2D eigenvalue weighted by atomic mass is 10.4. The molecule has 0 heterocycles. The van der Waals surface area contributed by atoms with Crippen molar-refractivity contribution in [3.05, 3.63) is 30.3 Å². The first-order valence-corrected chi connectivity index (χ1v) is 10.2. The van der Waals surface area contributed by atoms with Gasteiger partial charge in [0.25, 0.3) is 6.69 Å². The Balaban J connectivity index is 2.31. The molecule has 0 aliphatic heterocycles. The number of hydrogen-bond donors (Lipinski definition) is 0. The molecule has 0 N–H and O–H groups in total. The zero-order valence-electron chi connectivity index (χ0n) is 10.5. The summed E-state index contributed by atoms with van der Waals surface area (Å²) >= 11 is 12.5. The predicted molar refractivity (Wildman–Crippen MR) is 74.7 cm³/mol. The molecule has 0 atom stereocenters. The molecule has 114 valence electrons. The van der Waals surface area contributed by atoms with Crippen LogP contribution in [0.25, 0.3) is 0 Å². The number of hydrogen-bond acceptors (Lipinski definition) is 1. The second-order valence-corrected chi connectivity index (χ2v) is 11.2. The first kappa shape index (κ1) is 17.7. The highest BCUT2D eigenvalue weighted by molar-refractivity contribution is 7.50. The minimum absolute atomic E-state index is 0.0800. The summed E-state index contributed by atoms with van der Waals surface area (Å²) in [4.78, 5) is 0. The van der Waals surface area contributed by atoms with Crippen molar-refractivity contribution >= 4 is 34.0 Å². The van der Waals surface area contributed by atoms with Crippen molar-refractivity contribution in [3.63, 3.8) is 0 Å². The molecule has 0 saturated heterocycles. The lowest BCUT2D eigenvalue weighted by Gasteiger charge is -2.18. The van der Waals surface area contributed by atoms with E-state index < -0.39 is 25.6 Å². The Kier molecular flexibility index (Phi) is 6.77. The zero-order chi connectivity index (χ0) is 15.2. The van der Waals surface area contributed by atoms with E-state index in [1.54, 1.807) is 12.1 Å². The van der Waals surface area contributed by atoms with E-state index in [1.165, 1.54) is 0 Å². The Hall–Kier alpha value is -0.303. The SMILES string of the molecule is FC(F)C(F)(F)COCCC[Si](Cl)(Cl)c1ccccc1. The van der Waals surface area contributed by atoms with Gasteiger partial charge in [0.2, 0.25) is 0 Å². The molecule has 1 aromatic rings. The van der Waals surface area contributed by atoms with Crippen LogP contribution in [0.15, 0.2) is 30.3 Å². The quantitative estimate of drug-likeness (QED) is 0.297. The first-order chi connectivity index (χ1) is 9.26. The van der Waals surface area contributed by atoms with E-state index >= 15 is 0 Å². The fourth-order valence-corrected chi connectivity index (χ4v) is 4.61. The van der Waals surface area contributed by atoms with Crippen molar-refractivity contribution in [1.82, 2.24) is 0 Å². The van der Waals surface area contributed by atoms with E-state index in [0.29, 0.717) is 12.5 Å². The van der Waals surface area contributed by atoms with Gasteiger partial charge in [0.15, 0.2) is 0 Å². The van der Waals surface area contributed by atoms with Crippen molar-refractivity contribution in [2.75, 3.05) is 13.2 Å². The Labute approximate surface area is 125 Å². The van der Waals surface area contributed by atoms with Gasteiger partial charge in [-0.2, -0.15) is 8.78 Å². The number of ether oxygens (including phenoxy) is 1. The lowest BCUT2D eigenvalue weighted by Crippen LogP contribution is -2.36. The van der Waals surface area contributed by atoms with Crippen molar-refractivity contribution in [3.8, 4) is 0 Å². The van der Waals surface area contributed by atoms with Gasteiger partial charge in [-0.1, -0.05) is 30.3 Å². The van der Waals surface area contributed by atoms with Gasteiger partial charge in [-0.25, -0.2) is 8.78 Å². The van der Waals surface area contributed by atoms with Crippen LogP contribution < -0.4 is 5.19 Å². The van der Waals surface area contributed by atoms with Gasteiger partial charge in [-0.05, 0) is 17.7 Å². The third-order valence-electron chi connectivity index (χ3n) is 2.59. The van der Waals surface area contributed by atoms with Crippen molar-refractivity contribution in [1.29, 1.82) is 0 Å². The van der Waals surface area contributed by atoms with Crippen LogP contribution in [0, 0.1) is 0 Å². The molecular formula is C12H14Cl2F4OSi. The summed E-state index contributed by atoms with van der Waals surface area (Å²) in [6.07, 6.45) is -3.38. The van der Waals surface area contributed by atoms with Crippen LogP contribution >= 0.6 is 22.2 Å². The second kappa shape index (κ2) is 7.63.